The largest absolute Gasteiger partial charge is 0.490 e. The zero-order valence-electron chi connectivity index (χ0n) is 29.8. The summed E-state index contributed by atoms with van der Waals surface area (Å²) in [5.41, 5.74) is 2.03. The number of likely N-dealkylation sites (N-methyl/N-ethyl adjacent to an activating group) is 1. The van der Waals surface area contributed by atoms with E-state index in [1.165, 1.54) is 0 Å². The summed E-state index contributed by atoms with van der Waals surface area (Å²) in [6.07, 6.45) is 1.80. The lowest BCUT2D eigenvalue weighted by atomic mass is 10.0. The van der Waals surface area contributed by atoms with Crippen LogP contribution in [-0.2, 0) is 4.74 Å². The number of carbonyl (C=O) groups excluding carboxylic acids is 3. The lowest BCUT2D eigenvalue weighted by Crippen LogP contribution is -2.48. The molecule has 0 radical (unpaired) electrons. The molecule has 0 bridgehead atoms. The van der Waals surface area contributed by atoms with Crippen LogP contribution in [0.15, 0.2) is 91.0 Å². The zero-order chi connectivity index (χ0) is 36.3. The Morgan fingerprint density at radius 2 is 1.67 bits per heavy atom. The molecule has 4 aromatic carbocycles. The SMILES string of the molecule is C[C@@H]1CCCCO[C@@H](CN(C)C(=O)Nc2ccccc2)[C@H](C)CN([C@@H](C)CO)C(=O)c2cc(NC(=O)Nc3cccc4ccccc34)ccc2O1. The molecular formula is C40H49N5O6. The highest BCUT2D eigenvalue weighted by molar-refractivity contribution is 6.07. The Kier molecular flexibility index (Phi) is 12.9. The number of hydrogen-bond donors (Lipinski definition) is 4. The molecule has 1 heterocycles. The smallest absolute Gasteiger partial charge is 0.323 e. The van der Waals surface area contributed by atoms with E-state index in [0.29, 0.717) is 36.0 Å². The molecule has 4 atom stereocenters. The molecule has 0 fully saturated rings. The zero-order valence-corrected chi connectivity index (χ0v) is 29.8. The second-order valence-corrected chi connectivity index (χ2v) is 13.3. The van der Waals surface area contributed by atoms with Gasteiger partial charge in [-0.2, -0.15) is 0 Å². The van der Waals surface area contributed by atoms with Crippen molar-refractivity contribution in [3.8, 4) is 5.75 Å². The molecule has 11 heteroatoms. The number of benzene rings is 4. The molecule has 0 spiro atoms. The van der Waals surface area contributed by atoms with Crippen LogP contribution in [-0.4, -0.2) is 84.5 Å². The molecule has 4 N–H and O–H groups in total. The predicted molar refractivity (Wildman–Crippen MR) is 202 cm³/mol. The topological polar surface area (TPSA) is 132 Å². The number of para-hydroxylation sites is 1. The molecule has 270 valence electrons. The number of aliphatic hydroxyl groups is 1. The van der Waals surface area contributed by atoms with Crippen LogP contribution in [0.4, 0.5) is 26.7 Å². The van der Waals surface area contributed by atoms with Gasteiger partial charge in [-0.1, -0.05) is 61.5 Å². The van der Waals surface area contributed by atoms with Crippen molar-refractivity contribution in [1.29, 1.82) is 0 Å². The molecule has 1 aliphatic heterocycles. The van der Waals surface area contributed by atoms with Gasteiger partial charge >= 0.3 is 12.1 Å². The van der Waals surface area contributed by atoms with Gasteiger partial charge in [-0.05, 0) is 74.9 Å². The van der Waals surface area contributed by atoms with E-state index in [0.717, 1.165) is 30.0 Å². The minimum atomic E-state index is -0.538. The maximum absolute atomic E-state index is 14.5. The second-order valence-electron chi connectivity index (χ2n) is 13.3. The number of urea groups is 2. The van der Waals surface area contributed by atoms with Crippen molar-refractivity contribution in [1.82, 2.24) is 9.80 Å². The number of nitrogens with one attached hydrogen (secondary N) is 3. The highest BCUT2D eigenvalue weighted by Gasteiger charge is 2.31. The van der Waals surface area contributed by atoms with Gasteiger partial charge in [-0.25, -0.2) is 9.59 Å². The van der Waals surface area contributed by atoms with Crippen LogP contribution in [0.1, 0.15) is 50.4 Å². The van der Waals surface area contributed by atoms with E-state index >= 15 is 0 Å². The first-order valence-corrected chi connectivity index (χ1v) is 17.6. The van der Waals surface area contributed by atoms with Crippen molar-refractivity contribution in [3.05, 3.63) is 96.6 Å². The van der Waals surface area contributed by atoms with Crippen LogP contribution in [0.5, 0.6) is 5.75 Å². The van der Waals surface area contributed by atoms with Crippen LogP contribution in [0.2, 0.25) is 0 Å². The maximum Gasteiger partial charge on any atom is 0.323 e. The minimum Gasteiger partial charge on any atom is -0.490 e. The summed E-state index contributed by atoms with van der Waals surface area (Å²) in [7, 11) is 1.72. The Hall–Kier alpha value is -5.13. The van der Waals surface area contributed by atoms with Gasteiger partial charge in [0.25, 0.3) is 5.91 Å². The van der Waals surface area contributed by atoms with Crippen molar-refractivity contribution >= 4 is 45.8 Å². The Morgan fingerprint density at radius 3 is 2.45 bits per heavy atom. The van der Waals surface area contributed by atoms with Gasteiger partial charge in [-0.15, -0.1) is 0 Å². The van der Waals surface area contributed by atoms with E-state index in [-0.39, 0.29) is 48.8 Å². The van der Waals surface area contributed by atoms with Crippen LogP contribution in [0.3, 0.4) is 0 Å². The maximum atomic E-state index is 14.5. The summed E-state index contributed by atoms with van der Waals surface area (Å²) in [5.74, 6) is -0.166. The van der Waals surface area contributed by atoms with Crippen molar-refractivity contribution < 1.29 is 29.0 Å². The summed E-state index contributed by atoms with van der Waals surface area (Å²) in [5, 5.41) is 20.9. The number of rotatable bonds is 7. The number of carbonyl (C=O) groups is 3. The van der Waals surface area contributed by atoms with E-state index in [1.54, 1.807) is 42.0 Å². The number of aliphatic hydroxyl groups excluding tert-OH is 1. The standard InChI is InChI=1S/C40H49N5O6/c1-27-24-45(28(2)26-46)38(47)34-23-32(41-39(48)43-35-19-12-15-30-14-8-9-18-33(30)35)20-21-36(34)51-29(3)13-10-11-22-50-37(27)25-44(4)40(49)42-31-16-6-5-7-17-31/h5-9,12,14-21,23,27-29,37,46H,10-11,13,22,24-26H2,1-4H3,(H,42,49)(H2,41,43,48)/t27-,28+,29-,37+/m1/s1. The first kappa shape index (κ1) is 37.1. The van der Waals surface area contributed by atoms with Crippen LogP contribution in [0.25, 0.3) is 10.8 Å². The molecule has 0 saturated heterocycles. The molecule has 0 saturated carbocycles. The van der Waals surface area contributed by atoms with Crippen LogP contribution < -0.4 is 20.7 Å². The molecule has 0 unspecified atom stereocenters. The average Bonchev–Trinajstić information content (AvgIpc) is 3.13. The van der Waals surface area contributed by atoms with Gasteiger partial charge in [0.2, 0.25) is 0 Å². The molecule has 4 aromatic rings. The highest BCUT2D eigenvalue weighted by Crippen LogP contribution is 2.29. The first-order chi connectivity index (χ1) is 24.6. The number of anilines is 3. The highest BCUT2D eigenvalue weighted by atomic mass is 16.5. The number of hydrogen-bond acceptors (Lipinski definition) is 6. The molecule has 0 aromatic heterocycles. The van der Waals surface area contributed by atoms with Gasteiger partial charge in [0.15, 0.2) is 0 Å². The normalized spacial score (nSPS) is 19.2. The van der Waals surface area contributed by atoms with Crippen molar-refractivity contribution in [2.45, 2.75) is 58.3 Å². The van der Waals surface area contributed by atoms with Gasteiger partial charge in [0.05, 0.1) is 36.1 Å². The number of ether oxygens (including phenoxy) is 2. The summed E-state index contributed by atoms with van der Waals surface area (Å²) >= 11 is 0. The van der Waals surface area contributed by atoms with Gasteiger partial charge in [0.1, 0.15) is 5.75 Å². The molecule has 0 aliphatic carbocycles. The summed E-state index contributed by atoms with van der Waals surface area (Å²) in [6.45, 7) is 6.50. The van der Waals surface area contributed by atoms with Crippen LogP contribution in [0, 0.1) is 5.92 Å². The molecular weight excluding hydrogens is 646 g/mol. The lowest BCUT2D eigenvalue weighted by molar-refractivity contribution is -0.0115. The quantitative estimate of drug-likeness (QED) is 0.159. The molecule has 11 nitrogen and oxygen atoms in total. The molecule has 51 heavy (non-hydrogen) atoms. The summed E-state index contributed by atoms with van der Waals surface area (Å²) in [4.78, 5) is 44.0. The van der Waals surface area contributed by atoms with E-state index in [2.05, 4.69) is 16.0 Å². The fourth-order valence-corrected chi connectivity index (χ4v) is 6.18. The molecule has 5 rings (SSSR count). The fraction of sp³-hybridized carbons (Fsp3) is 0.375. The number of fused-ring (bicyclic) bond motifs is 2. The predicted octanol–water partition coefficient (Wildman–Crippen LogP) is 7.44. The third-order valence-corrected chi connectivity index (χ3v) is 9.17. The van der Waals surface area contributed by atoms with E-state index in [1.807, 2.05) is 86.6 Å². The van der Waals surface area contributed by atoms with Crippen molar-refractivity contribution in [3.63, 3.8) is 0 Å². The Balaban J connectivity index is 1.38. The van der Waals surface area contributed by atoms with E-state index in [9.17, 15) is 19.5 Å². The molecule has 1 aliphatic rings. The van der Waals surface area contributed by atoms with Gasteiger partial charge in [0, 0.05) is 49.4 Å². The minimum absolute atomic E-state index is 0.195. The van der Waals surface area contributed by atoms with E-state index in [4.69, 9.17) is 9.47 Å². The average molecular weight is 696 g/mol. The van der Waals surface area contributed by atoms with Gasteiger partial charge in [-0.3, -0.25) is 4.79 Å². The van der Waals surface area contributed by atoms with Crippen LogP contribution >= 0.6 is 0 Å². The van der Waals surface area contributed by atoms with E-state index < -0.39 is 12.1 Å². The van der Waals surface area contributed by atoms with Crippen molar-refractivity contribution in [2.75, 3.05) is 49.3 Å². The lowest BCUT2D eigenvalue weighted by Gasteiger charge is -2.35. The summed E-state index contributed by atoms with van der Waals surface area (Å²) in [6, 6.07) is 26.5. The Morgan fingerprint density at radius 1 is 0.922 bits per heavy atom. The second kappa shape index (κ2) is 17.7. The third kappa shape index (κ3) is 9.99. The van der Waals surface area contributed by atoms with Crippen molar-refractivity contribution in [2.24, 2.45) is 5.92 Å². The number of nitrogens with zero attached hydrogens (tertiary/aromatic N) is 2. The Labute approximate surface area is 299 Å². The van der Waals surface area contributed by atoms with Gasteiger partial charge < -0.3 is 40.3 Å². The number of amides is 5. The first-order valence-electron chi connectivity index (χ1n) is 17.6. The monoisotopic (exact) mass is 695 g/mol. The molecule has 5 amide bonds. The fourth-order valence-electron chi connectivity index (χ4n) is 6.18. The third-order valence-electron chi connectivity index (χ3n) is 9.17. The Bertz CT molecular complexity index is 1780. The summed E-state index contributed by atoms with van der Waals surface area (Å²) < 4.78 is 12.7.